The first-order chi connectivity index (χ1) is 14.8. The molecule has 0 unspecified atom stereocenters. The van der Waals surface area contributed by atoms with Gasteiger partial charge in [-0.2, -0.15) is 13.2 Å². The van der Waals surface area contributed by atoms with Crippen LogP contribution in [0, 0.1) is 0 Å². The number of fused-ring (bicyclic) bond motifs is 1. The number of anilines is 1. The second kappa shape index (κ2) is 7.47. The highest BCUT2D eigenvalue weighted by atomic mass is 19.4. The number of carbonyl (C=O) groups is 1. The molecular weight excluding hydrogens is 421 g/mol. The molecule has 2 aromatic rings. The molecule has 1 saturated heterocycles. The van der Waals surface area contributed by atoms with Crippen LogP contribution in [0.3, 0.4) is 0 Å². The van der Waals surface area contributed by atoms with Crippen LogP contribution in [0.25, 0.3) is 11.3 Å². The molecule has 0 saturated carbocycles. The molecule has 7 nitrogen and oxygen atoms in total. The Morgan fingerprint density at radius 3 is 2.59 bits per heavy atom. The van der Waals surface area contributed by atoms with Crippen molar-refractivity contribution in [2.75, 3.05) is 18.9 Å². The first kappa shape index (κ1) is 22.6. The number of hydrogen-bond donors (Lipinski definition) is 3. The first-order valence-corrected chi connectivity index (χ1v) is 10.7. The zero-order chi connectivity index (χ0) is 23.5. The fraction of sp³-hybridized carbons (Fsp3) is 0.591. The topological polar surface area (TPSA) is 85.9 Å². The van der Waals surface area contributed by atoms with Crippen LogP contribution in [0.5, 0.6) is 0 Å². The number of aromatic nitrogens is 3. The van der Waals surface area contributed by atoms with Crippen molar-refractivity contribution >= 4 is 11.9 Å². The number of nitrogens with zero attached hydrogens (tertiary/aromatic N) is 3. The van der Waals surface area contributed by atoms with E-state index in [0.717, 1.165) is 19.0 Å². The van der Waals surface area contributed by atoms with Crippen molar-refractivity contribution < 1.29 is 18.0 Å². The number of halogens is 3. The van der Waals surface area contributed by atoms with Crippen molar-refractivity contribution in [3.63, 3.8) is 0 Å². The van der Waals surface area contributed by atoms with Gasteiger partial charge in [-0.15, -0.1) is 0 Å². The molecule has 174 valence electrons. The van der Waals surface area contributed by atoms with E-state index in [1.165, 1.54) is 6.20 Å². The SMILES string of the molecule is CN1C(=O)c2[nH]cc(-c3nc(N[C@H]4CCC(C)(C)NC4)ncc3C(F)(F)F)c2CC1(C)C. The van der Waals surface area contributed by atoms with Crippen molar-refractivity contribution in [2.45, 2.75) is 70.3 Å². The van der Waals surface area contributed by atoms with Crippen molar-refractivity contribution in [3.8, 4) is 11.3 Å². The Labute approximate surface area is 185 Å². The maximum atomic E-state index is 13.8. The molecule has 1 atom stereocenters. The molecule has 1 amide bonds. The van der Waals surface area contributed by atoms with Gasteiger partial charge in [-0.1, -0.05) is 0 Å². The van der Waals surface area contributed by atoms with Gasteiger partial charge in [-0.05, 0) is 52.5 Å². The van der Waals surface area contributed by atoms with Crippen molar-refractivity contribution in [1.29, 1.82) is 0 Å². The van der Waals surface area contributed by atoms with Gasteiger partial charge < -0.3 is 20.5 Å². The summed E-state index contributed by atoms with van der Waals surface area (Å²) in [5, 5.41) is 6.59. The van der Waals surface area contributed by atoms with Crippen molar-refractivity contribution in [3.05, 3.63) is 29.2 Å². The lowest BCUT2D eigenvalue weighted by Gasteiger charge is -2.39. The van der Waals surface area contributed by atoms with Gasteiger partial charge in [-0.3, -0.25) is 4.79 Å². The predicted molar refractivity (Wildman–Crippen MR) is 115 cm³/mol. The number of alkyl halides is 3. The van der Waals surface area contributed by atoms with Crippen LogP contribution in [0.2, 0.25) is 0 Å². The Hall–Kier alpha value is -2.62. The van der Waals surface area contributed by atoms with E-state index >= 15 is 0 Å². The van der Waals surface area contributed by atoms with E-state index in [2.05, 4.69) is 39.4 Å². The van der Waals surface area contributed by atoms with E-state index in [1.54, 1.807) is 11.9 Å². The van der Waals surface area contributed by atoms with Gasteiger partial charge in [-0.25, -0.2) is 9.97 Å². The second-order valence-corrected chi connectivity index (χ2v) is 10.0. The van der Waals surface area contributed by atoms with Crippen LogP contribution in [-0.4, -0.2) is 56.5 Å². The number of aromatic amines is 1. The summed E-state index contributed by atoms with van der Waals surface area (Å²) in [6, 6.07) is 0.0157. The zero-order valence-corrected chi connectivity index (χ0v) is 18.9. The molecule has 0 aromatic carbocycles. The van der Waals surface area contributed by atoms with E-state index in [1.807, 2.05) is 13.8 Å². The summed E-state index contributed by atoms with van der Waals surface area (Å²) in [5.41, 5.74) is -0.497. The monoisotopic (exact) mass is 450 g/mol. The van der Waals surface area contributed by atoms with E-state index in [-0.39, 0.29) is 34.7 Å². The Balaban J connectivity index is 1.73. The molecule has 0 spiro atoms. The van der Waals surface area contributed by atoms with Gasteiger partial charge >= 0.3 is 6.18 Å². The van der Waals surface area contributed by atoms with Gasteiger partial charge in [0.2, 0.25) is 5.95 Å². The van der Waals surface area contributed by atoms with Crippen LogP contribution in [0.15, 0.2) is 12.4 Å². The smallest absolute Gasteiger partial charge is 0.356 e. The Morgan fingerprint density at radius 1 is 1.25 bits per heavy atom. The number of likely N-dealkylation sites (N-methyl/N-ethyl adjacent to an activating group) is 1. The molecule has 4 rings (SSSR count). The van der Waals surface area contributed by atoms with Gasteiger partial charge in [0, 0.05) is 48.7 Å². The molecule has 32 heavy (non-hydrogen) atoms. The molecule has 0 bridgehead atoms. The molecule has 2 aliphatic rings. The average Bonchev–Trinajstić information content (AvgIpc) is 3.10. The van der Waals surface area contributed by atoms with E-state index in [4.69, 9.17) is 0 Å². The third-order valence-corrected chi connectivity index (χ3v) is 6.65. The number of H-pyrrole nitrogens is 1. The van der Waals surface area contributed by atoms with Crippen LogP contribution in [0.1, 0.15) is 62.2 Å². The minimum absolute atomic E-state index is 0.0157. The van der Waals surface area contributed by atoms with Crippen molar-refractivity contribution in [2.24, 2.45) is 0 Å². The van der Waals surface area contributed by atoms with Crippen LogP contribution < -0.4 is 10.6 Å². The lowest BCUT2D eigenvalue weighted by atomic mass is 9.86. The number of nitrogens with one attached hydrogen (secondary N) is 3. The zero-order valence-electron chi connectivity index (χ0n) is 18.9. The Morgan fingerprint density at radius 2 is 1.97 bits per heavy atom. The number of rotatable bonds is 3. The molecule has 0 radical (unpaired) electrons. The fourth-order valence-electron chi connectivity index (χ4n) is 4.33. The molecule has 10 heteroatoms. The molecule has 3 N–H and O–H groups in total. The van der Waals surface area contributed by atoms with Gasteiger partial charge in [0.15, 0.2) is 0 Å². The average molecular weight is 451 g/mol. The maximum Gasteiger partial charge on any atom is 0.419 e. The van der Waals surface area contributed by atoms with Crippen molar-refractivity contribution in [1.82, 2.24) is 25.2 Å². The van der Waals surface area contributed by atoms with E-state index in [0.29, 0.717) is 24.2 Å². The highest BCUT2D eigenvalue weighted by Gasteiger charge is 2.41. The Bertz CT molecular complexity index is 1030. The summed E-state index contributed by atoms with van der Waals surface area (Å²) >= 11 is 0. The normalized spacial score (nSPS) is 22.6. The van der Waals surface area contributed by atoms with Gasteiger partial charge in [0.25, 0.3) is 5.91 Å². The molecule has 1 fully saturated rings. The van der Waals surface area contributed by atoms with Gasteiger partial charge in [0.05, 0.1) is 5.69 Å². The maximum absolute atomic E-state index is 13.8. The summed E-state index contributed by atoms with van der Waals surface area (Å²) in [4.78, 5) is 25.5. The van der Waals surface area contributed by atoms with E-state index < -0.39 is 17.3 Å². The lowest BCUT2D eigenvalue weighted by Crippen LogP contribution is -2.50. The highest BCUT2D eigenvalue weighted by Crippen LogP contribution is 2.41. The van der Waals surface area contributed by atoms with Crippen LogP contribution in [-0.2, 0) is 12.6 Å². The highest BCUT2D eigenvalue weighted by molar-refractivity contribution is 5.98. The second-order valence-electron chi connectivity index (χ2n) is 10.0. The predicted octanol–water partition coefficient (Wildman–Crippen LogP) is 3.84. The summed E-state index contributed by atoms with van der Waals surface area (Å²) in [5.74, 6) is -0.104. The molecule has 2 aliphatic heterocycles. The molecular formula is C22H29F3N6O. The summed E-state index contributed by atoms with van der Waals surface area (Å²) < 4.78 is 41.5. The quantitative estimate of drug-likeness (QED) is 0.662. The Kier molecular flexibility index (Phi) is 5.27. The summed E-state index contributed by atoms with van der Waals surface area (Å²) in [6.45, 7) is 8.68. The minimum atomic E-state index is -4.63. The standard InChI is InChI=1S/C22H29F3N6O/c1-20(2)7-6-12(9-28-20)29-19-27-11-15(22(23,24)25)16(30-19)14-10-26-17-13(14)8-21(3,4)31(5)18(17)32/h10-12,26,28H,6-9H2,1-5H3,(H,27,29,30)/t12-/m0/s1. The molecule has 2 aromatic heterocycles. The summed E-state index contributed by atoms with van der Waals surface area (Å²) in [7, 11) is 1.69. The first-order valence-electron chi connectivity index (χ1n) is 10.7. The summed E-state index contributed by atoms with van der Waals surface area (Å²) in [6.07, 6.45) is -0.160. The lowest BCUT2D eigenvalue weighted by molar-refractivity contribution is -0.137. The van der Waals surface area contributed by atoms with Crippen LogP contribution in [0.4, 0.5) is 19.1 Å². The van der Waals surface area contributed by atoms with Gasteiger partial charge in [0.1, 0.15) is 11.3 Å². The molecule has 4 heterocycles. The molecule has 0 aliphatic carbocycles. The third kappa shape index (κ3) is 4.07. The number of piperidine rings is 1. The third-order valence-electron chi connectivity index (χ3n) is 6.65. The number of carbonyl (C=O) groups excluding carboxylic acids is 1. The number of hydrogen-bond acceptors (Lipinski definition) is 5. The minimum Gasteiger partial charge on any atom is -0.356 e. The fourth-order valence-corrected chi connectivity index (χ4v) is 4.33. The van der Waals surface area contributed by atoms with Crippen LogP contribution >= 0.6 is 0 Å². The largest absolute Gasteiger partial charge is 0.419 e. The number of amides is 1. The van der Waals surface area contributed by atoms with E-state index in [9.17, 15) is 18.0 Å².